The van der Waals surface area contributed by atoms with Crippen LogP contribution in [0.3, 0.4) is 0 Å². The molecule has 0 bridgehead atoms. The first-order valence-electron chi connectivity index (χ1n) is 7.18. The molecule has 0 atom stereocenters. The Kier molecular flexibility index (Phi) is 4.49. The van der Waals surface area contributed by atoms with Crippen LogP contribution in [-0.2, 0) is 4.74 Å². The van der Waals surface area contributed by atoms with Gasteiger partial charge in [-0.1, -0.05) is 48.5 Å². The van der Waals surface area contributed by atoms with Crippen LogP contribution in [0.25, 0.3) is 22.7 Å². The van der Waals surface area contributed by atoms with E-state index in [0.717, 1.165) is 11.1 Å². The zero-order valence-corrected chi connectivity index (χ0v) is 12.7. The van der Waals surface area contributed by atoms with Crippen LogP contribution in [0.4, 0.5) is 0 Å². The van der Waals surface area contributed by atoms with Crippen LogP contribution in [-0.4, -0.2) is 24.7 Å². The van der Waals surface area contributed by atoms with Crippen molar-refractivity contribution in [2.45, 2.75) is 0 Å². The number of aromatic nitrogens is 1. The number of methoxy groups -OCH3 is 1. The van der Waals surface area contributed by atoms with E-state index in [2.05, 4.69) is 10.3 Å². The van der Waals surface area contributed by atoms with Crippen LogP contribution >= 0.6 is 0 Å². The second-order valence-electron chi connectivity index (χ2n) is 4.87. The molecule has 5 heteroatoms. The van der Waals surface area contributed by atoms with E-state index < -0.39 is 0 Å². The third-order valence-corrected chi connectivity index (χ3v) is 3.28. The van der Waals surface area contributed by atoms with Crippen molar-refractivity contribution in [3.63, 3.8) is 0 Å². The Balaban J connectivity index is 2.05. The third kappa shape index (κ3) is 3.30. The lowest BCUT2D eigenvalue weighted by Gasteiger charge is -2.02. The summed E-state index contributed by atoms with van der Waals surface area (Å²) in [5.41, 5.74) is 2.15. The van der Waals surface area contributed by atoms with Gasteiger partial charge >= 0.3 is 0 Å². The monoisotopic (exact) mass is 308 g/mol. The zero-order valence-electron chi connectivity index (χ0n) is 12.7. The highest BCUT2D eigenvalue weighted by Gasteiger charge is 2.21. The molecule has 1 amide bonds. The number of nitrogens with zero attached hydrogens (tertiary/aromatic N) is 1. The molecule has 5 nitrogen and oxygen atoms in total. The number of ether oxygens (including phenoxy) is 1. The predicted octanol–water partition coefficient (Wildman–Crippen LogP) is 3.34. The molecule has 0 saturated heterocycles. The summed E-state index contributed by atoms with van der Waals surface area (Å²) in [7, 11) is 1.51. The molecule has 116 valence electrons. The largest absolute Gasteiger partial charge is 0.430 e. The van der Waals surface area contributed by atoms with Gasteiger partial charge < -0.3 is 14.5 Å². The highest BCUT2D eigenvalue weighted by Crippen LogP contribution is 2.28. The van der Waals surface area contributed by atoms with Gasteiger partial charge in [0.1, 0.15) is 12.4 Å². The van der Waals surface area contributed by atoms with Gasteiger partial charge in [0, 0.05) is 18.2 Å². The maximum atomic E-state index is 12.3. The van der Waals surface area contributed by atoms with Crippen molar-refractivity contribution in [3.8, 4) is 22.7 Å². The highest BCUT2D eigenvalue weighted by molar-refractivity contribution is 5.97. The topological polar surface area (TPSA) is 64.4 Å². The molecule has 3 rings (SSSR count). The summed E-state index contributed by atoms with van der Waals surface area (Å²) in [5.74, 6) is 0.222. The molecule has 3 aromatic rings. The molecule has 23 heavy (non-hydrogen) atoms. The van der Waals surface area contributed by atoms with E-state index >= 15 is 0 Å². The second-order valence-corrected chi connectivity index (χ2v) is 4.87. The number of oxazole rings is 1. The third-order valence-electron chi connectivity index (χ3n) is 3.28. The van der Waals surface area contributed by atoms with Crippen LogP contribution in [0.15, 0.2) is 65.1 Å². The number of benzene rings is 2. The molecule has 1 heterocycles. The van der Waals surface area contributed by atoms with Gasteiger partial charge in [-0.25, -0.2) is 4.98 Å². The second kappa shape index (κ2) is 6.89. The summed E-state index contributed by atoms with van der Waals surface area (Å²) < 4.78 is 10.6. The summed E-state index contributed by atoms with van der Waals surface area (Å²) >= 11 is 0. The Labute approximate surface area is 133 Å². The molecule has 1 aromatic heterocycles. The Morgan fingerprint density at radius 1 is 1.04 bits per heavy atom. The minimum atomic E-state index is -0.361. The number of nitrogens with one attached hydrogen (secondary N) is 1. The Morgan fingerprint density at radius 2 is 1.65 bits per heavy atom. The number of hydrogen-bond acceptors (Lipinski definition) is 4. The normalized spacial score (nSPS) is 10.5. The number of hydrogen-bond donors (Lipinski definition) is 1. The minimum absolute atomic E-state index is 0.106. The van der Waals surface area contributed by atoms with E-state index in [1.807, 2.05) is 60.7 Å². The summed E-state index contributed by atoms with van der Waals surface area (Å²) in [4.78, 5) is 16.8. The number of amides is 1. The lowest BCUT2D eigenvalue weighted by Crippen LogP contribution is -2.25. The summed E-state index contributed by atoms with van der Waals surface area (Å²) in [6, 6.07) is 18.9. The van der Waals surface area contributed by atoms with Gasteiger partial charge in [-0.2, -0.15) is 0 Å². The molecular weight excluding hydrogens is 292 g/mol. The van der Waals surface area contributed by atoms with Crippen LogP contribution in [0.2, 0.25) is 0 Å². The van der Waals surface area contributed by atoms with Crippen molar-refractivity contribution in [1.29, 1.82) is 0 Å². The van der Waals surface area contributed by atoms with E-state index in [1.165, 1.54) is 7.11 Å². The molecule has 2 aromatic carbocycles. The highest BCUT2D eigenvalue weighted by atomic mass is 16.5. The van der Waals surface area contributed by atoms with E-state index in [1.54, 1.807) is 0 Å². The smallest absolute Gasteiger partial charge is 0.291 e. The van der Waals surface area contributed by atoms with Crippen LogP contribution in [0, 0.1) is 0 Å². The summed E-state index contributed by atoms with van der Waals surface area (Å²) in [5, 5.41) is 2.63. The van der Waals surface area contributed by atoms with Crippen molar-refractivity contribution in [2.24, 2.45) is 0 Å². The lowest BCUT2D eigenvalue weighted by molar-refractivity contribution is 0.0846. The van der Waals surface area contributed by atoms with E-state index in [0.29, 0.717) is 11.6 Å². The fourth-order valence-corrected chi connectivity index (χ4v) is 2.19. The first kappa shape index (κ1) is 15.0. The lowest BCUT2D eigenvalue weighted by atomic mass is 10.1. The van der Waals surface area contributed by atoms with Crippen molar-refractivity contribution in [3.05, 3.63) is 66.4 Å². The fraction of sp³-hybridized carbons (Fsp3) is 0.111. The number of carbonyl (C=O) groups excluding carboxylic acids is 1. The fourth-order valence-electron chi connectivity index (χ4n) is 2.19. The first-order valence-corrected chi connectivity index (χ1v) is 7.18. The average Bonchev–Trinajstić information content (AvgIpc) is 3.07. The van der Waals surface area contributed by atoms with Gasteiger partial charge in [0.15, 0.2) is 0 Å². The molecule has 0 spiro atoms. The Hall–Kier alpha value is -2.92. The minimum Gasteiger partial charge on any atom is -0.430 e. The van der Waals surface area contributed by atoms with Crippen LogP contribution in [0.1, 0.15) is 10.6 Å². The summed E-state index contributed by atoms with van der Waals surface area (Å²) in [6.07, 6.45) is 0. The molecule has 0 saturated carbocycles. The van der Waals surface area contributed by atoms with Gasteiger partial charge in [-0.05, 0) is 12.1 Å². The average molecular weight is 308 g/mol. The summed E-state index contributed by atoms with van der Waals surface area (Å²) in [6.45, 7) is 0.106. The van der Waals surface area contributed by atoms with Gasteiger partial charge in [-0.15, -0.1) is 0 Å². The molecule has 0 fully saturated rings. The van der Waals surface area contributed by atoms with Crippen LogP contribution < -0.4 is 5.32 Å². The van der Waals surface area contributed by atoms with Gasteiger partial charge in [0.05, 0.1) is 0 Å². The standard InChI is InChI=1S/C18H16N2O3/c1-22-12-19-17(21)16-15(13-8-4-2-5-9-13)20-18(23-16)14-10-6-3-7-11-14/h2-11H,12H2,1H3,(H,19,21). The molecule has 0 aliphatic carbocycles. The SMILES string of the molecule is COCNC(=O)c1oc(-c2ccccc2)nc1-c1ccccc1. The number of carbonyl (C=O) groups is 1. The molecule has 0 aliphatic heterocycles. The van der Waals surface area contributed by atoms with E-state index in [-0.39, 0.29) is 18.4 Å². The van der Waals surface area contributed by atoms with Crippen LogP contribution in [0.5, 0.6) is 0 Å². The number of rotatable bonds is 5. The van der Waals surface area contributed by atoms with Crippen molar-refractivity contribution in [1.82, 2.24) is 10.3 Å². The van der Waals surface area contributed by atoms with E-state index in [4.69, 9.17) is 9.15 Å². The van der Waals surface area contributed by atoms with Crippen molar-refractivity contribution >= 4 is 5.91 Å². The zero-order chi connectivity index (χ0) is 16.1. The van der Waals surface area contributed by atoms with Gasteiger partial charge in [0.25, 0.3) is 5.91 Å². The maximum absolute atomic E-state index is 12.3. The quantitative estimate of drug-likeness (QED) is 0.734. The van der Waals surface area contributed by atoms with E-state index in [9.17, 15) is 4.79 Å². The first-order chi connectivity index (χ1) is 11.3. The Bertz CT molecular complexity index is 783. The molecule has 0 radical (unpaired) electrons. The van der Waals surface area contributed by atoms with Crippen molar-refractivity contribution < 1.29 is 13.9 Å². The maximum Gasteiger partial charge on any atom is 0.291 e. The molecule has 1 N–H and O–H groups in total. The van der Waals surface area contributed by atoms with Gasteiger partial charge in [-0.3, -0.25) is 4.79 Å². The molecule has 0 aliphatic rings. The molecule has 0 unspecified atom stereocenters. The van der Waals surface area contributed by atoms with Gasteiger partial charge in [0.2, 0.25) is 11.7 Å². The molecular formula is C18H16N2O3. The van der Waals surface area contributed by atoms with Crippen molar-refractivity contribution in [2.75, 3.05) is 13.8 Å². The Morgan fingerprint density at radius 3 is 2.26 bits per heavy atom. The predicted molar refractivity (Wildman–Crippen MR) is 86.7 cm³/mol.